The first-order chi connectivity index (χ1) is 18.2. The van der Waals surface area contributed by atoms with Crippen LogP contribution in [0.5, 0.6) is 0 Å². The summed E-state index contributed by atoms with van der Waals surface area (Å²) in [6.07, 6.45) is -1.49. The molecule has 8 nitrogen and oxygen atoms in total. The van der Waals surface area contributed by atoms with E-state index < -0.39 is 29.7 Å². The number of para-hydroxylation sites is 1. The van der Waals surface area contributed by atoms with Crippen LogP contribution in [-0.2, 0) is 32.3 Å². The number of likely N-dealkylation sites (N-methyl/N-ethyl adjacent to an activating group) is 1. The Morgan fingerprint density at radius 2 is 1.32 bits per heavy atom. The van der Waals surface area contributed by atoms with Crippen molar-refractivity contribution in [3.8, 4) is 0 Å². The van der Waals surface area contributed by atoms with Gasteiger partial charge in [0, 0.05) is 12.7 Å². The van der Waals surface area contributed by atoms with Gasteiger partial charge in [-0.3, -0.25) is 9.59 Å². The zero-order valence-corrected chi connectivity index (χ0v) is 22.2. The Hall–Kier alpha value is -4.17. The SMILES string of the molecule is C[C@@H](OCc1ccccc1)[C@H](NC(=O)OCc1ccccc1)C(=O)NC(C)(C)C(=O)N(C)c1ccccc1. The van der Waals surface area contributed by atoms with Crippen molar-refractivity contribution in [3.63, 3.8) is 0 Å². The lowest BCUT2D eigenvalue weighted by Gasteiger charge is -2.33. The van der Waals surface area contributed by atoms with Crippen molar-refractivity contribution in [2.45, 2.75) is 51.7 Å². The quantitative estimate of drug-likeness (QED) is 0.392. The first kappa shape index (κ1) is 28.4. The third-order valence-corrected chi connectivity index (χ3v) is 6.01. The van der Waals surface area contributed by atoms with E-state index in [-0.39, 0.29) is 19.1 Å². The Balaban J connectivity index is 1.70. The Kier molecular flexibility index (Phi) is 10.0. The lowest BCUT2D eigenvalue weighted by molar-refractivity contribution is -0.134. The van der Waals surface area contributed by atoms with Gasteiger partial charge < -0.3 is 25.0 Å². The van der Waals surface area contributed by atoms with E-state index in [1.54, 1.807) is 27.8 Å². The highest BCUT2D eigenvalue weighted by atomic mass is 16.5. The van der Waals surface area contributed by atoms with Crippen LogP contribution in [0.15, 0.2) is 91.0 Å². The van der Waals surface area contributed by atoms with Crippen LogP contribution in [0.2, 0.25) is 0 Å². The van der Waals surface area contributed by atoms with Crippen LogP contribution >= 0.6 is 0 Å². The molecule has 3 aromatic carbocycles. The van der Waals surface area contributed by atoms with Gasteiger partial charge in [-0.25, -0.2) is 4.79 Å². The van der Waals surface area contributed by atoms with Crippen molar-refractivity contribution >= 4 is 23.6 Å². The number of carbonyl (C=O) groups excluding carboxylic acids is 3. The molecule has 0 saturated carbocycles. The first-order valence-electron chi connectivity index (χ1n) is 12.5. The lowest BCUT2D eigenvalue weighted by Crippen LogP contribution is -2.61. The monoisotopic (exact) mass is 517 g/mol. The van der Waals surface area contributed by atoms with Crippen molar-refractivity contribution in [1.82, 2.24) is 10.6 Å². The van der Waals surface area contributed by atoms with Crippen LogP contribution in [0.1, 0.15) is 31.9 Å². The largest absolute Gasteiger partial charge is 0.445 e. The average molecular weight is 518 g/mol. The standard InChI is InChI=1S/C30H35N3O5/c1-22(37-20-23-14-8-5-9-15-23)26(31-29(36)38-21-24-16-10-6-11-17-24)27(34)32-30(2,3)28(35)33(4)25-18-12-7-13-19-25/h5-19,22,26H,20-21H2,1-4H3,(H,31,36)(H,32,34)/t22-,26+/m1/s1. The molecular formula is C30H35N3O5. The number of hydrogen-bond donors (Lipinski definition) is 2. The Morgan fingerprint density at radius 3 is 1.87 bits per heavy atom. The highest BCUT2D eigenvalue weighted by Crippen LogP contribution is 2.17. The van der Waals surface area contributed by atoms with Crippen molar-refractivity contribution in [3.05, 3.63) is 102 Å². The minimum absolute atomic E-state index is 0.0477. The number of benzene rings is 3. The van der Waals surface area contributed by atoms with E-state index >= 15 is 0 Å². The number of anilines is 1. The maximum absolute atomic E-state index is 13.5. The molecule has 0 spiro atoms. The second kappa shape index (κ2) is 13.4. The fraction of sp³-hybridized carbons (Fsp3) is 0.300. The highest BCUT2D eigenvalue weighted by molar-refractivity contribution is 6.02. The number of ether oxygens (including phenoxy) is 2. The van der Waals surface area contributed by atoms with Gasteiger partial charge in [0.2, 0.25) is 5.91 Å². The molecule has 2 atom stereocenters. The van der Waals surface area contributed by atoms with E-state index in [1.807, 2.05) is 91.0 Å². The number of amides is 3. The fourth-order valence-electron chi connectivity index (χ4n) is 3.81. The number of nitrogens with one attached hydrogen (secondary N) is 2. The molecule has 2 N–H and O–H groups in total. The van der Waals surface area contributed by atoms with Crippen LogP contribution in [0, 0.1) is 0 Å². The van der Waals surface area contributed by atoms with E-state index in [4.69, 9.17) is 9.47 Å². The number of rotatable bonds is 11. The predicted octanol–water partition coefficient (Wildman–Crippen LogP) is 4.44. The summed E-state index contributed by atoms with van der Waals surface area (Å²) in [5, 5.41) is 5.41. The summed E-state index contributed by atoms with van der Waals surface area (Å²) in [6, 6.07) is 26.8. The number of hydrogen-bond acceptors (Lipinski definition) is 5. The minimum Gasteiger partial charge on any atom is -0.445 e. The van der Waals surface area contributed by atoms with Crippen LogP contribution in [0.3, 0.4) is 0 Å². The van der Waals surface area contributed by atoms with Crippen molar-refractivity contribution in [2.24, 2.45) is 0 Å². The Bertz CT molecular complexity index is 1190. The van der Waals surface area contributed by atoms with E-state index in [0.29, 0.717) is 5.69 Å². The van der Waals surface area contributed by atoms with Gasteiger partial charge >= 0.3 is 6.09 Å². The van der Waals surface area contributed by atoms with Crippen molar-refractivity contribution in [1.29, 1.82) is 0 Å². The van der Waals surface area contributed by atoms with Crippen LogP contribution in [-0.4, -0.2) is 42.6 Å². The van der Waals surface area contributed by atoms with Gasteiger partial charge in [0.15, 0.2) is 0 Å². The topological polar surface area (TPSA) is 97.0 Å². The molecule has 0 bridgehead atoms. The molecule has 0 heterocycles. The van der Waals surface area contributed by atoms with Gasteiger partial charge in [0.05, 0.1) is 12.7 Å². The third kappa shape index (κ3) is 8.18. The van der Waals surface area contributed by atoms with Crippen LogP contribution < -0.4 is 15.5 Å². The number of nitrogens with zero attached hydrogens (tertiary/aromatic N) is 1. The normalized spacial score (nSPS) is 12.6. The molecule has 0 aliphatic carbocycles. The van der Waals surface area contributed by atoms with Gasteiger partial charge in [-0.2, -0.15) is 0 Å². The smallest absolute Gasteiger partial charge is 0.408 e. The predicted molar refractivity (Wildman–Crippen MR) is 146 cm³/mol. The zero-order valence-electron chi connectivity index (χ0n) is 22.2. The first-order valence-corrected chi connectivity index (χ1v) is 12.5. The maximum Gasteiger partial charge on any atom is 0.408 e. The van der Waals surface area contributed by atoms with Crippen LogP contribution in [0.25, 0.3) is 0 Å². The molecule has 0 aliphatic heterocycles. The highest BCUT2D eigenvalue weighted by Gasteiger charge is 2.37. The molecule has 0 aromatic heterocycles. The third-order valence-electron chi connectivity index (χ3n) is 6.01. The summed E-state index contributed by atoms with van der Waals surface area (Å²) in [6.45, 7) is 5.22. The minimum atomic E-state index is -1.27. The van der Waals surface area contributed by atoms with E-state index in [2.05, 4.69) is 10.6 Å². The van der Waals surface area contributed by atoms with Crippen LogP contribution in [0.4, 0.5) is 10.5 Å². The number of alkyl carbamates (subject to hydrolysis) is 1. The van der Waals surface area contributed by atoms with Crippen molar-refractivity contribution < 1.29 is 23.9 Å². The molecule has 0 radical (unpaired) electrons. The molecule has 0 saturated heterocycles. The average Bonchev–Trinajstić information content (AvgIpc) is 2.94. The molecule has 0 aliphatic rings. The molecule has 200 valence electrons. The summed E-state index contributed by atoms with van der Waals surface area (Å²) < 4.78 is 11.3. The van der Waals surface area contributed by atoms with Gasteiger partial charge in [0.1, 0.15) is 18.2 Å². The van der Waals surface area contributed by atoms with E-state index in [0.717, 1.165) is 11.1 Å². The van der Waals surface area contributed by atoms with Gasteiger partial charge in [0.25, 0.3) is 5.91 Å². The van der Waals surface area contributed by atoms with E-state index in [9.17, 15) is 14.4 Å². The Labute approximate surface area is 223 Å². The molecule has 0 fully saturated rings. The summed E-state index contributed by atoms with van der Waals surface area (Å²) in [5.41, 5.74) is 1.16. The van der Waals surface area contributed by atoms with Gasteiger partial charge in [-0.1, -0.05) is 78.9 Å². The summed E-state index contributed by atoms with van der Waals surface area (Å²) >= 11 is 0. The summed E-state index contributed by atoms with van der Waals surface area (Å²) in [5.74, 6) is -0.887. The lowest BCUT2D eigenvalue weighted by atomic mass is 10.0. The molecule has 8 heteroatoms. The molecule has 38 heavy (non-hydrogen) atoms. The second-order valence-electron chi connectivity index (χ2n) is 9.50. The van der Waals surface area contributed by atoms with E-state index in [1.165, 1.54) is 4.90 Å². The molecule has 3 amide bonds. The molecule has 3 aromatic rings. The maximum atomic E-state index is 13.5. The Morgan fingerprint density at radius 1 is 0.816 bits per heavy atom. The van der Waals surface area contributed by atoms with Gasteiger partial charge in [-0.15, -0.1) is 0 Å². The number of carbonyl (C=O) groups is 3. The van der Waals surface area contributed by atoms with Crippen molar-refractivity contribution in [2.75, 3.05) is 11.9 Å². The summed E-state index contributed by atoms with van der Waals surface area (Å²) in [7, 11) is 1.65. The zero-order chi connectivity index (χ0) is 27.5. The molecular weight excluding hydrogens is 482 g/mol. The fourth-order valence-corrected chi connectivity index (χ4v) is 3.81. The molecule has 0 unspecified atom stereocenters. The second-order valence-corrected chi connectivity index (χ2v) is 9.50. The molecule has 3 rings (SSSR count). The van der Waals surface area contributed by atoms with Gasteiger partial charge in [-0.05, 0) is 44.0 Å². The summed E-state index contributed by atoms with van der Waals surface area (Å²) in [4.78, 5) is 40.8.